The molecule has 0 aliphatic carbocycles. The van der Waals surface area contributed by atoms with E-state index in [4.69, 9.17) is 21.4 Å². The van der Waals surface area contributed by atoms with E-state index in [9.17, 15) is 4.79 Å². The maximum atomic E-state index is 11.0. The summed E-state index contributed by atoms with van der Waals surface area (Å²) in [5.41, 5.74) is 0.630. The third-order valence-electron chi connectivity index (χ3n) is 3.46. The van der Waals surface area contributed by atoms with Gasteiger partial charge in [0.25, 0.3) is 0 Å². The Balaban J connectivity index is 2.18. The van der Waals surface area contributed by atoms with Crippen molar-refractivity contribution in [3.05, 3.63) is 34.9 Å². The Kier molecular flexibility index (Phi) is 4.13. The predicted molar refractivity (Wildman–Crippen MR) is 73.4 cm³/mol. The number of carboxylic acids is 1. The van der Waals surface area contributed by atoms with Crippen molar-refractivity contribution in [1.82, 2.24) is 4.90 Å². The van der Waals surface area contributed by atoms with Crippen LogP contribution in [0.5, 0.6) is 0 Å². The largest absolute Gasteiger partial charge is 0.480 e. The highest BCUT2D eigenvalue weighted by Crippen LogP contribution is 2.33. The first-order chi connectivity index (χ1) is 8.90. The van der Waals surface area contributed by atoms with E-state index in [1.807, 2.05) is 43.0 Å². The second kappa shape index (κ2) is 5.49. The van der Waals surface area contributed by atoms with Gasteiger partial charge >= 0.3 is 5.97 Å². The van der Waals surface area contributed by atoms with Crippen molar-refractivity contribution in [2.45, 2.75) is 25.5 Å². The van der Waals surface area contributed by atoms with Crippen LogP contribution in [0.1, 0.15) is 25.5 Å². The highest BCUT2D eigenvalue weighted by Gasteiger charge is 2.37. The monoisotopic (exact) mass is 283 g/mol. The van der Waals surface area contributed by atoms with Gasteiger partial charge in [-0.15, -0.1) is 0 Å². The molecule has 1 heterocycles. The van der Waals surface area contributed by atoms with Crippen LogP contribution < -0.4 is 0 Å². The Hall–Kier alpha value is -1.10. The number of carbonyl (C=O) groups is 1. The van der Waals surface area contributed by atoms with Crippen molar-refractivity contribution >= 4 is 17.6 Å². The average Bonchev–Trinajstić information content (AvgIpc) is 2.32. The Morgan fingerprint density at radius 2 is 2.21 bits per heavy atom. The fourth-order valence-corrected chi connectivity index (χ4v) is 2.52. The summed E-state index contributed by atoms with van der Waals surface area (Å²) in [4.78, 5) is 12.9. The van der Waals surface area contributed by atoms with Crippen LogP contribution >= 0.6 is 11.6 Å². The van der Waals surface area contributed by atoms with Crippen LogP contribution in [0.2, 0.25) is 5.02 Å². The van der Waals surface area contributed by atoms with Gasteiger partial charge in [0.15, 0.2) is 0 Å². The molecular weight excluding hydrogens is 266 g/mol. The number of morpholine rings is 1. The van der Waals surface area contributed by atoms with Gasteiger partial charge < -0.3 is 9.84 Å². The molecule has 1 unspecified atom stereocenters. The van der Waals surface area contributed by atoms with Crippen LogP contribution in [0, 0.1) is 0 Å². The van der Waals surface area contributed by atoms with E-state index < -0.39 is 5.97 Å². The number of carboxylic acid groups (broad SMARTS) is 1. The summed E-state index contributed by atoms with van der Waals surface area (Å²) in [6.45, 7) is 4.99. The van der Waals surface area contributed by atoms with E-state index in [0.29, 0.717) is 18.2 Å². The molecule has 1 aromatic carbocycles. The molecule has 1 aliphatic rings. The number of nitrogens with zero attached hydrogens (tertiary/aromatic N) is 1. The van der Waals surface area contributed by atoms with Crippen LogP contribution in [-0.2, 0) is 9.53 Å². The van der Waals surface area contributed by atoms with Gasteiger partial charge in [0, 0.05) is 22.7 Å². The highest BCUT2D eigenvalue weighted by atomic mass is 35.5. The van der Waals surface area contributed by atoms with Gasteiger partial charge in [-0.05, 0) is 19.9 Å². The Morgan fingerprint density at radius 1 is 1.53 bits per heavy atom. The van der Waals surface area contributed by atoms with Crippen LogP contribution in [-0.4, -0.2) is 41.2 Å². The van der Waals surface area contributed by atoms with Crippen molar-refractivity contribution in [3.8, 4) is 0 Å². The summed E-state index contributed by atoms with van der Waals surface area (Å²) in [7, 11) is 0. The van der Waals surface area contributed by atoms with Crippen LogP contribution in [0.4, 0.5) is 0 Å². The second-order valence-corrected chi connectivity index (χ2v) is 5.82. The van der Waals surface area contributed by atoms with Gasteiger partial charge in [-0.25, -0.2) is 0 Å². The zero-order valence-electron chi connectivity index (χ0n) is 11.1. The lowest BCUT2D eigenvalue weighted by atomic mass is 9.98. The molecule has 0 saturated carbocycles. The number of hydrogen-bond acceptors (Lipinski definition) is 3. The summed E-state index contributed by atoms with van der Waals surface area (Å²) in [5.74, 6) is -0.826. The molecule has 104 valence electrons. The van der Waals surface area contributed by atoms with Crippen molar-refractivity contribution in [1.29, 1.82) is 0 Å². The zero-order valence-corrected chi connectivity index (χ0v) is 11.9. The number of benzene rings is 1. The average molecular weight is 284 g/mol. The molecule has 1 saturated heterocycles. The molecule has 4 nitrogen and oxygen atoms in total. The molecule has 1 fully saturated rings. The molecule has 1 aromatic rings. The van der Waals surface area contributed by atoms with Crippen molar-refractivity contribution < 1.29 is 14.6 Å². The maximum absolute atomic E-state index is 11.0. The van der Waals surface area contributed by atoms with Gasteiger partial charge in [-0.2, -0.15) is 0 Å². The first-order valence-corrected chi connectivity index (χ1v) is 6.61. The van der Waals surface area contributed by atoms with Gasteiger partial charge in [0.05, 0.1) is 19.3 Å². The van der Waals surface area contributed by atoms with Crippen LogP contribution in [0.15, 0.2) is 24.3 Å². The molecule has 1 atom stereocenters. The molecule has 1 aliphatic heterocycles. The molecule has 0 aromatic heterocycles. The lowest BCUT2D eigenvalue weighted by Crippen LogP contribution is -2.55. The standard InChI is InChI=1S/C14H18ClNO3/c1-14(2)9-19-12(7-16(14)8-13(17)18)10-5-3-4-6-11(10)15/h3-6,12H,7-9H2,1-2H3,(H,17,18). The molecule has 5 heteroatoms. The summed E-state index contributed by atoms with van der Waals surface area (Å²) < 4.78 is 5.85. The maximum Gasteiger partial charge on any atom is 0.317 e. The van der Waals surface area contributed by atoms with Crippen molar-refractivity contribution in [3.63, 3.8) is 0 Å². The molecule has 0 spiro atoms. The lowest BCUT2D eigenvalue weighted by molar-refractivity contribution is -0.147. The van der Waals surface area contributed by atoms with Crippen LogP contribution in [0.25, 0.3) is 0 Å². The first kappa shape index (κ1) is 14.3. The Labute approximate surface area is 117 Å². The molecule has 2 rings (SSSR count). The third kappa shape index (κ3) is 3.26. The van der Waals surface area contributed by atoms with E-state index in [1.54, 1.807) is 0 Å². The number of aliphatic carboxylic acids is 1. The number of rotatable bonds is 3. The zero-order chi connectivity index (χ0) is 14.0. The summed E-state index contributed by atoms with van der Waals surface area (Å²) >= 11 is 6.17. The molecule has 0 amide bonds. The summed E-state index contributed by atoms with van der Waals surface area (Å²) in [6.07, 6.45) is -0.180. The minimum atomic E-state index is -0.826. The molecule has 0 radical (unpaired) electrons. The van der Waals surface area contributed by atoms with E-state index in [-0.39, 0.29) is 18.2 Å². The number of ether oxygens (including phenoxy) is 1. The SMILES string of the molecule is CC1(C)COC(c2ccccc2Cl)CN1CC(=O)O. The minimum absolute atomic E-state index is 0.0112. The van der Waals surface area contributed by atoms with Crippen molar-refractivity contribution in [2.24, 2.45) is 0 Å². The van der Waals surface area contributed by atoms with E-state index >= 15 is 0 Å². The topological polar surface area (TPSA) is 49.8 Å². The smallest absolute Gasteiger partial charge is 0.317 e. The van der Waals surface area contributed by atoms with E-state index in [0.717, 1.165) is 5.56 Å². The predicted octanol–water partition coefficient (Wildman–Crippen LogP) is 2.58. The molecular formula is C14H18ClNO3. The molecule has 0 bridgehead atoms. The normalized spacial score (nSPS) is 23.2. The van der Waals surface area contributed by atoms with Crippen molar-refractivity contribution in [2.75, 3.05) is 19.7 Å². The van der Waals surface area contributed by atoms with Gasteiger partial charge in [-0.3, -0.25) is 9.69 Å². The second-order valence-electron chi connectivity index (χ2n) is 5.41. The Morgan fingerprint density at radius 3 is 2.84 bits per heavy atom. The minimum Gasteiger partial charge on any atom is -0.480 e. The van der Waals surface area contributed by atoms with Gasteiger partial charge in [-0.1, -0.05) is 29.8 Å². The quantitative estimate of drug-likeness (QED) is 0.926. The summed E-state index contributed by atoms with van der Waals surface area (Å²) in [6, 6.07) is 7.52. The van der Waals surface area contributed by atoms with E-state index in [1.165, 1.54) is 0 Å². The fraction of sp³-hybridized carbons (Fsp3) is 0.500. The molecule has 19 heavy (non-hydrogen) atoms. The van der Waals surface area contributed by atoms with Crippen LogP contribution in [0.3, 0.4) is 0 Å². The number of halogens is 1. The van der Waals surface area contributed by atoms with Gasteiger partial charge in [0.1, 0.15) is 0 Å². The van der Waals surface area contributed by atoms with Gasteiger partial charge in [0.2, 0.25) is 0 Å². The Bertz CT molecular complexity index is 476. The fourth-order valence-electron chi connectivity index (χ4n) is 2.26. The number of hydrogen-bond donors (Lipinski definition) is 1. The molecule has 1 N–H and O–H groups in total. The highest BCUT2D eigenvalue weighted by molar-refractivity contribution is 6.31. The summed E-state index contributed by atoms with van der Waals surface area (Å²) in [5, 5.41) is 9.66. The van der Waals surface area contributed by atoms with E-state index in [2.05, 4.69) is 0 Å². The third-order valence-corrected chi connectivity index (χ3v) is 3.80. The first-order valence-electron chi connectivity index (χ1n) is 6.23. The lowest BCUT2D eigenvalue weighted by Gasteiger charge is -2.44.